The fourth-order valence-electron chi connectivity index (χ4n) is 3.25. The molecule has 0 spiro atoms. The van der Waals surface area contributed by atoms with Crippen molar-refractivity contribution >= 4 is 6.20 Å². The second kappa shape index (κ2) is 6.38. The van der Waals surface area contributed by atoms with Gasteiger partial charge in [-0.15, -0.1) is 0 Å². The van der Waals surface area contributed by atoms with E-state index in [2.05, 4.69) is 37.8 Å². The van der Waals surface area contributed by atoms with E-state index < -0.39 is 0 Å². The summed E-state index contributed by atoms with van der Waals surface area (Å²) in [6, 6.07) is 0.649. The molecule has 0 aliphatic heterocycles. The first-order valence-corrected chi connectivity index (χ1v) is 7.49. The molecule has 0 bridgehead atoms. The van der Waals surface area contributed by atoms with Crippen LogP contribution in [-0.4, -0.2) is 15.8 Å². The number of rotatable bonds is 5. The predicted molar refractivity (Wildman–Crippen MR) is 80.6 cm³/mol. The summed E-state index contributed by atoms with van der Waals surface area (Å²) in [4.78, 5) is 0. The van der Waals surface area contributed by atoms with E-state index in [1.54, 1.807) is 10.9 Å². The predicted octanol–water partition coefficient (Wildman–Crippen LogP) is 3.53. The molecule has 3 nitrogen and oxygen atoms in total. The first-order valence-electron chi connectivity index (χ1n) is 7.49. The summed E-state index contributed by atoms with van der Waals surface area (Å²) >= 11 is 0. The van der Waals surface area contributed by atoms with Gasteiger partial charge in [0.05, 0.1) is 6.20 Å². The molecule has 1 fully saturated rings. The zero-order chi connectivity index (χ0) is 13.8. The van der Waals surface area contributed by atoms with Crippen LogP contribution in [0.3, 0.4) is 0 Å². The minimum atomic E-state index is 0.649. The topological polar surface area (TPSA) is 29.9 Å². The van der Waals surface area contributed by atoms with Gasteiger partial charge in [0.15, 0.2) is 0 Å². The third-order valence-corrected chi connectivity index (χ3v) is 4.43. The van der Waals surface area contributed by atoms with E-state index in [9.17, 15) is 0 Å². The molecule has 0 radical (unpaired) electrons. The number of hydrogen-bond acceptors (Lipinski definition) is 2. The van der Waals surface area contributed by atoms with Gasteiger partial charge in [0.2, 0.25) is 0 Å². The third-order valence-electron chi connectivity index (χ3n) is 4.43. The lowest BCUT2D eigenvalue weighted by Gasteiger charge is -2.38. The van der Waals surface area contributed by atoms with Gasteiger partial charge in [-0.2, -0.15) is 5.10 Å². The van der Waals surface area contributed by atoms with Crippen molar-refractivity contribution < 1.29 is 0 Å². The smallest absolute Gasteiger partial charge is 0.0538 e. The van der Waals surface area contributed by atoms with Crippen LogP contribution < -0.4 is 5.32 Å². The molecule has 19 heavy (non-hydrogen) atoms. The maximum Gasteiger partial charge on any atom is 0.0538 e. The molecule has 0 amide bonds. The Balaban J connectivity index is 1.93. The van der Waals surface area contributed by atoms with E-state index in [4.69, 9.17) is 0 Å². The number of nitrogens with zero attached hydrogens (tertiary/aromatic N) is 2. The molecule has 3 heteroatoms. The molecule has 1 aliphatic rings. The van der Waals surface area contributed by atoms with E-state index in [-0.39, 0.29) is 0 Å². The van der Waals surface area contributed by atoms with Gasteiger partial charge < -0.3 is 5.32 Å². The van der Waals surface area contributed by atoms with Crippen LogP contribution >= 0.6 is 0 Å². The minimum absolute atomic E-state index is 0.649. The van der Waals surface area contributed by atoms with E-state index >= 15 is 0 Å². The maximum atomic E-state index is 4.23. The molecule has 1 aromatic heterocycles. The van der Waals surface area contributed by atoms with Gasteiger partial charge in [0, 0.05) is 30.5 Å². The van der Waals surface area contributed by atoms with Crippen molar-refractivity contribution in [2.75, 3.05) is 0 Å². The Morgan fingerprint density at radius 2 is 2.32 bits per heavy atom. The summed E-state index contributed by atoms with van der Waals surface area (Å²) in [7, 11) is 0. The lowest BCUT2D eigenvalue weighted by atomic mass is 9.74. The summed E-state index contributed by atoms with van der Waals surface area (Å²) < 4.78 is 1.76. The van der Waals surface area contributed by atoms with E-state index in [1.807, 2.05) is 12.4 Å². The fraction of sp³-hybridized carbons (Fsp3) is 0.688. The van der Waals surface area contributed by atoms with Gasteiger partial charge >= 0.3 is 0 Å². The van der Waals surface area contributed by atoms with Crippen molar-refractivity contribution in [3.8, 4) is 0 Å². The minimum Gasteiger partial charge on any atom is -0.310 e. The van der Waals surface area contributed by atoms with Gasteiger partial charge in [-0.3, -0.25) is 0 Å². The lowest BCUT2D eigenvalue weighted by Crippen LogP contribution is -2.42. The van der Waals surface area contributed by atoms with E-state index in [0.717, 1.165) is 24.3 Å². The van der Waals surface area contributed by atoms with Crippen LogP contribution in [0.5, 0.6) is 0 Å². The average Bonchev–Trinajstić information content (AvgIpc) is 2.84. The highest BCUT2D eigenvalue weighted by Crippen LogP contribution is 2.33. The summed E-state index contributed by atoms with van der Waals surface area (Å²) in [6.07, 6.45) is 9.74. The Kier molecular flexibility index (Phi) is 4.81. The zero-order valence-electron chi connectivity index (χ0n) is 12.5. The standard InChI is InChI=1S/C16H27N3/c1-5-19-11-14(10-18-19)9-17-16-8-13(4)6-7-15(16)12(2)3/h5,10-13,15-17H,1,6-9H2,2-4H3. The Bertz CT molecular complexity index is 408. The van der Waals surface area contributed by atoms with Crippen LogP contribution in [0, 0.1) is 17.8 Å². The average molecular weight is 261 g/mol. The van der Waals surface area contributed by atoms with Crippen LogP contribution in [0.4, 0.5) is 0 Å². The molecule has 1 aliphatic carbocycles. The van der Waals surface area contributed by atoms with Crippen molar-refractivity contribution in [3.05, 3.63) is 24.5 Å². The molecule has 0 aromatic carbocycles. The molecule has 106 valence electrons. The quantitative estimate of drug-likeness (QED) is 0.878. The molecular formula is C16H27N3. The first kappa shape index (κ1) is 14.3. The third kappa shape index (κ3) is 3.69. The molecule has 0 saturated heterocycles. The molecule has 2 rings (SSSR count). The molecule has 1 heterocycles. The highest BCUT2D eigenvalue weighted by atomic mass is 15.2. The lowest BCUT2D eigenvalue weighted by molar-refractivity contribution is 0.169. The van der Waals surface area contributed by atoms with Gasteiger partial charge in [-0.1, -0.05) is 33.8 Å². The van der Waals surface area contributed by atoms with Crippen LogP contribution in [-0.2, 0) is 6.54 Å². The molecule has 1 aromatic rings. The SMILES string of the molecule is C=Cn1cc(CNC2CC(C)CCC2C(C)C)cn1. The fourth-order valence-corrected chi connectivity index (χ4v) is 3.25. The molecule has 1 N–H and O–H groups in total. The maximum absolute atomic E-state index is 4.23. The van der Waals surface area contributed by atoms with Crippen molar-refractivity contribution in [2.24, 2.45) is 17.8 Å². The van der Waals surface area contributed by atoms with Crippen molar-refractivity contribution in [2.45, 2.75) is 52.6 Å². The largest absolute Gasteiger partial charge is 0.310 e. The van der Waals surface area contributed by atoms with Gasteiger partial charge in [0.25, 0.3) is 0 Å². The number of aromatic nitrogens is 2. The van der Waals surface area contributed by atoms with Gasteiger partial charge in [-0.25, -0.2) is 4.68 Å². The van der Waals surface area contributed by atoms with Crippen molar-refractivity contribution in [1.82, 2.24) is 15.1 Å². The van der Waals surface area contributed by atoms with E-state index in [1.165, 1.54) is 24.8 Å². The zero-order valence-corrected chi connectivity index (χ0v) is 12.5. The van der Waals surface area contributed by atoms with Crippen molar-refractivity contribution in [3.63, 3.8) is 0 Å². The monoisotopic (exact) mass is 261 g/mol. The number of hydrogen-bond donors (Lipinski definition) is 1. The summed E-state index contributed by atoms with van der Waals surface area (Å²) in [5, 5.41) is 7.98. The number of nitrogens with one attached hydrogen (secondary N) is 1. The highest BCUT2D eigenvalue weighted by molar-refractivity contribution is 5.17. The Labute approximate surface area is 117 Å². The Hall–Kier alpha value is -1.09. The second-order valence-electron chi connectivity index (χ2n) is 6.32. The van der Waals surface area contributed by atoms with E-state index in [0.29, 0.717) is 6.04 Å². The molecule has 1 saturated carbocycles. The Morgan fingerprint density at radius 1 is 1.53 bits per heavy atom. The molecular weight excluding hydrogens is 234 g/mol. The highest BCUT2D eigenvalue weighted by Gasteiger charge is 2.30. The van der Waals surface area contributed by atoms with Crippen LogP contribution in [0.1, 0.15) is 45.6 Å². The molecule has 3 atom stereocenters. The first-order chi connectivity index (χ1) is 9.10. The molecule has 3 unspecified atom stereocenters. The summed E-state index contributed by atoms with van der Waals surface area (Å²) in [5.74, 6) is 2.43. The van der Waals surface area contributed by atoms with Crippen LogP contribution in [0.25, 0.3) is 6.20 Å². The van der Waals surface area contributed by atoms with Gasteiger partial charge in [0.1, 0.15) is 0 Å². The van der Waals surface area contributed by atoms with Crippen LogP contribution in [0.15, 0.2) is 19.0 Å². The van der Waals surface area contributed by atoms with Crippen molar-refractivity contribution in [1.29, 1.82) is 0 Å². The van der Waals surface area contributed by atoms with Crippen LogP contribution in [0.2, 0.25) is 0 Å². The summed E-state index contributed by atoms with van der Waals surface area (Å²) in [5.41, 5.74) is 1.24. The van der Waals surface area contributed by atoms with Gasteiger partial charge in [-0.05, 0) is 30.6 Å². The second-order valence-corrected chi connectivity index (χ2v) is 6.32. The summed E-state index contributed by atoms with van der Waals surface area (Å²) in [6.45, 7) is 11.7. The normalized spacial score (nSPS) is 27.7. The Morgan fingerprint density at radius 3 is 2.95 bits per heavy atom.